The van der Waals surface area contributed by atoms with E-state index < -0.39 is 11.4 Å². The number of carboxylic acids is 1. The van der Waals surface area contributed by atoms with E-state index in [1.54, 1.807) is 11.3 Å². The zero-order valence-corrected chi connectivity index (χ0v) is 19.7. The van der Waals surface area contributed by atoms with E-state index in [0.717, 1.165) is 12.1 Å². The van der Waals surface area contributed by atoms with Crippen molar-refractivity contribution >= 4 is 33.7 Å². The summed E-state index contributed by atoms with van der Waals surface area (Å²) in [5, 5.41) is 17.8. The number of carbonyl (C=O) groups is 1. The smallest absolute Gasteiger partial charge is 0.0501 e. The Hall–Kier alpha value is -3.21. The molecule has 0 spiro atoms. The summed E-state index contributed by atoms with van der Waals surface area (Å²) >= 11 is 1.73. The third kappa shape index (κ3) is 3.41. The van der Waals surface area contributed by atoms with Crippen LogP contribution in [-0.4, -0.2) is 24.0 Å². The predicted octanol–water partition coefficient (Wildman–Crippen LogP) is 5.34. The van der Waals surface area contributed by atoms with Gasteiger partial charge in [0.1, 0.15) is 0 Å². The molecule has 0 saturated carbocycles. The fourth-order valence-corrected chi connectivity index (χ4v) is 7.31. The average molecular weight is 465 g/mol. The third-order valence-corrected chi connectivity index (χ3v) is 8.78. The van der Waals surface area contributed by atoms with Crippen LogP contribution in [0.1, 0.15) is 28.3 Å². The van der Waals surface area contributed by atoms with E-state index in [9.17, 15) is 9.90 Å². The maximum atomic E-state index is 13.2. The van der Waals surface area contributed by atoms with Gasteiger partial charge in [-0.2, -0.15) is 0 Å². The Morgan fingerprint density at radius 2 is 1.65 bits per heavy atom. The van der Waals surface area contributed by atoms with Crippen LogP contribution in [0.3, 0.4) is 0 Å². The van der Waals surface area contributed by atoms with Gasteiger partial charge in [0.05, 0.1) is 5.97 Å². The SMILES string of the molecule is O=C([O-])C12CN(Cc3ccccc3)CC1C(c1scc3ccccc13)=CCC2c1ccccc1. The zero-order chi connectivity index (χ0) is 23.1. The van der Waals surface area contributed by atoms with E-state index >= 15 is 0 Å². The molecule has 0 radical (unpaired) electrons. The van der Waals surface area contributed by atoms with E-state index in [4.69, 9.17) is 0 Å². The van der Waals surface area contributed by atoms with Gasteiger partial charge in [0.2, 0.25) is 0 Å². The molecule has 3 aromatic carbocycles. The standard InChI is InChI=1S/C30H27NO2S/c32-29(33)30-20-31(17-21-9-3-1-4-10-21)18-27(30)25(15-16-26(30)22-11-5-2-6-12-22)28-24-14-8-7-13-23(24)19-34-28/h1-15,19,26-27H,16-18,20H2,(H,32,33)/p-1. The largest absolute Gasteiger partial charge is 0.549 e. The number of fused-ring (bicyclic) bond motifs is 2. The highest BCUT2D eigenvalue weighted by Crippen LogP contribution is 2.57. The molecule has 4 aromatic rings. The van der Waals surface area contributed by atoms with E-state index in [0.29, 0.717) is 19.5 Å². The number of likely N-dealkylation sites (tertiary alicyclic amines) is 1. The van der Waals surface area contributed by atoms with Crippen molar-refractivity contribution in [2.45, 2.75) is 18.9 Å². The Kier molecular flexibility index (Phi) is 5.35. The minimum Gasteiger partial charge on any atom is -0.549 e. The van der Waals surface area contributed by atoms with Gasteiger partial charge in [0.25, 0.3) is 0 Å². The van der Waals surface area contributed by atoms with Gasteiger partial charge in [-0.15, -0.1) is 11.3 Å². The van der Waals surface area contributed by atoms with Crippen LogP contribution in [0.4, 0.5) is 0 Å². The normalized spacial score (nSPS) is 24.6. The van der Waals surface area contributed by atoms with Crippen molar-refractivity contribution in [1.29, 1.82) is 0 Å². The van der Waals surface area contributed by atoms with Crippen LogP contribution >= 0.6 is 11.3 Å². The summed E-state index contributed by atoms with van der Waals surface area (Å²) in [6, 6.07) is 28.9. The van der Waals surface area contributed by atoms with Crippen molar-refractivity contribution in [2.24, 2.45) is 11.3 Å². The van der Waals surface area contributed by atoms with Gasteiger partial charge in [-0.05, 0) is 39.3 Å². The molecule has 3 nitrogen and oxygen atoms in total. The fraction of sp³-hybridized carbons (Fsp3) is 0.233. The van der Waals surface area contributed by atoms with E-state index in [1.807, 2.05) is 36.4 Å². The molecule has 170 valence electrons. The first-order chi connectivity index (χ1) is 16.7. The predicted molar refractivity (Wildman–Crippen MR) is 136 cm³/mol. The number of thiophene rings is 1. The number of hydrogen-bond acceptors (Lipinski definition) is 4. The molecule has 2 heterocycles. The molecular weight excluding hydrogens is 438 g/mol. The van der Waals surface area contributed by atoms with Crippen LogP contribution in [0, 0.1) is 11.3 Å². The lowest BCUT2D eigenvalue weighted by Crippen LogP contribution is -2.53. The second kappa shape index (κ2) is 8.53. The molecule has 34 heavy (non-hydrogen) atoms. The second-order valence-corrected chi connectivity index (χ2v) is 10.4. The van der Waals surface area contributed by atoms with Crippen LogP contribution in [-0.2, 0) is 11.3 Å². The number of benzene rings is 3. The molecule has 0 N–H and O–H groups in total. The summed E-state index contributed by atoms with van der Waals surface area (Å²) in [6.45, 7) is 1.95. The number of allylic oxidation sites excluding steroid dienone is 1. The average Bonchev–Trinajstić information content (AvgIpc) is 3.47. The van der Waals surface area contributed by atoms with Crippen molar-refractivity contribution in [3.05, 3.63) is 112 Å². The number of carboxylic acid groups (broad SMARTS) is 1. The molecular formula is C30H26NO2S-. The summed E-state index contributed by atoms with van der Waals surface area (Å²) in [7, 11) is 0. The number of carbonyl (C=O) groups excluding carboxylic acids is 1. The summed E-state index contributed by atoms with van der Waals surface area (Å²) in [6.07, 6.45) is 3.02. The highest BCUT2D eigenvalue weighted by atomic mass is 32.1. The van der Waals surface area contributed by atoms with Gasteiger partial charge in [-0.3, -0.25) is 4.90 Å². The van der Waals surface area contributed by atoms with Gasteiger partial charge in [0.15, 0.2) is 0 Å². The summed E-state index contributed by atoms with van der Waals surface area (Å²) in [5.41, 5.74) is 2.51. The first-order valence-electron chi connectivity index (χ1n) is 11.9. The van der Waals surface area contributed by atoms with Crippen molar-refractivity contribution in [3.8, 4) is 0 Å². The van der Waals surface area contributed by atoms with Gasteiger partial charge in [-0.25, -0.2) is 0 Å². The van der Waals surface area contributed by atoms with Crippen LogP contribution < -0.4 is 5.11 Å². The first-order valence-corrected chi connectivity index (χ1v) is 12.7. The van der Waals surface area contributed by atoms with Gasteiger partial charge >= 0.3 is 0 Å². The molecule has 1 aliphatic heterocycles. The van der Waals surface area contributed by atoms with Crippen molar-refractivity contribution in [1.82, 2.24) is 4.90 Å². The molecule has 4 heteroatoms. The first kappa shape index (κ1) is 21.3. The van der Waals surface area contributed by atoms with Crippen LogP contribution in [0.15, 0.2) is 96.4 Å². The van der Waals surface area contributed by atoms with Crippen LogP contribution in [0.5, 0.6) is 0 Å². The Bertz CT molecular complexity index is 1360. The Morgan fingerprint density at radius 1 is 0.941 bits per heavy atom. The van der Waals surface area contributed by atoms with E-state index in [1.165, 1.54) is 26.8 Å². The topological polar surface area (TPSA) is 43.4 Å². The van der Waals surface area contributed by atoms with E-state index in [-0.39, 0.29) is 11.8 Å². The van der Waals surface area contributed by atoms with Crippen LogP contribution in [0.2, 0.25) is 0 Å². The summed E-state index contributed by atoms with van der Waals surface area (Å²) < 4.78 is 0. The van der Waals surface area contributed by atoms with Crippen molar-refractivity contribution in [2.75, 3.05) is 13.1 Å². The molecule has 0 amide bonds. The molecule has 2 aliphatic rings. The molecule has 3 atom stereocenters. The zero-order valence-electron chi connectivity index (χ0n) is 18.9. The molecule has 6 rings (SSSR count). The van der Waals surface area contributed by atoms with Crippen molar-refractivity contribution in [3.63, 3.8) is 0 Å². The van der Waals surface area contributed by atoms with Crippen molar-refractivity contribution < 1.29 is 9.90 Å². The van der Waals surface area contributed by atoms with Gasteiger partial charge in [-0.1, -0.05) is 91.0 Å². The Morgan fingerprint density at radius 3 is 2.41 bits per heavy atom. The molecule has 1 saturated heterocycles. The van der Waals surface area contributed by atoms with Gasteiger partial charge < -0.3 is 9.90 Å². The number of hydrogen-bond donors (Lipinski definition) is 0. The summed E-state index contributed by atoms with van der Waals surface area (Å²) in [4.78, 5) is 16.7. The number of aliphatic carboxylic acids is 1. The van der Waals surface area contributed by atoms with Crippen LogP contribution in [0.25, 0.3) is 16.3 Å². The molecule has 1 aliphatic carbocycles. The minimum absolute atomic E-state index is 0.112. The quantitative estimate of drug-likeness (QED) is 0.400. The molecule has 1 aromatic heterocycles. The van der Waals surface area contributed by atoms with E-state index in [2.05, 4.69) is 64.9 Å². The highest BCUT2D eigenvalue weighted by molar-refractivity contribution is 7.12. The molecule has 3 unspecified atom stereocenters. The number of rotatable bonds is 5. The molecule has 1 fully saturated rings. The maximum absolute atomic E-state index is 13.2. The summed E-state index contributed by atoms with van der Waals surface area (Å²) in [5.74, 6) is -1.16. The lowest BCUT2D eigenvalue weighted by Gasteiger charge is -2.46. The number of nitrogens with zero attached hydrogens (tertiary/aromatic N) is 1. The second-order valence-electron chi connectivity index (χ2n) is 9.55. The lowest BCUT2D eigenvalue weighted by molar-refractivity contribution is -0.321. The molecule has 0 bridgehead atoms. The lowest BCUT2D eigenvalue weighted by atomic mass is 9.59. The Labute approximate surface area is 204 Å². The monoisotopic (exact) mass is 464 g/mol. The fourth-order valence-electron chi connectivity index (χ4n) is 6.19. The van der Waals surface area contributed by atoms with Gasteiger partial charge in [0, 0.05) is 41.8 Å². The maximum Gasteiger partial charge on any atom is 0.0501 e. The Balaban J connectivity index is 1.48. The highest BCUT2D eigenvalue weighted by Gasteiger charge is 2.56. The minimum atomic E-state index is -0.967. The third-order valence-electron chi connectivity index (χ3n) is 7.72.